The summed E-state index contributed by atoms with van der Waals surface area (Å²) in [7, 11) is 0. The van der Waals surface area contributed by atoms with Crippen molar-refractivity contribution in [1.82, 2.24) is 5.32 Å². The van der Waals surface area contributed by atoms with Crippen molar-refractivity contribution < 1.29 is 14.2 Å². The minimum Gasteiger partial charge on any atom is -0.372 e. The summed E-state index contributed by atoms with van der Waals surface area (Å²) in [5.74, 6) is 0.590. The fraction of sp³-hybridized carbons (Fsp3) is 0.423. The van der Waals surface area contributed by atoms with Crippen molar-refractivity contribution in [1.29, 1.82) is 0 Å². The van der Waals surface area contributed by atoms with Crippen molar-refractivity contribution in [3.8, 4) is 0 Å². The van der Waals surface area contributed by atoms with Crippen molar-refractivity contribution in [2.75, 3.05) is 30.3 Å². The molecule has 1 aromatic carbocycles. The van der Waals surface area contributed by atoms with E-state index in [0.717, 1.165) is 19.3 Å². The van der Waals surface area contributed by atoms with E-state index < -0.39 is 0 Å². The van der Waals surface area contributed by atoms with Gasteiger partial charge in [-0.05, 0) is 60.9 Å². The van der Waals surface area contributed by atoms with E-state index in [-0.39, 0.29) is 11.0 Å². The van der Waals surface area contributed by atoms with Crippen LogP contribution in [-0.4, -0.2) is 36.4 Å². The highest BCUT2D eigenvalue weighted by molar-refractivity contribution is 8.13. The summed E-state index contributed by atoms with van der Waals surface area (Å²) < 4.78 is 1.96. The molecule has 0 atom stereocenters. The number of allylic oxidation sites excluding steroid dienone is 1. The molecule has 2 aromatic rings. The number of nitrogens with one attached hydrogen (secondary N) is 1. The molecule has 1 fully saturated rings. The number of benzene rings is 1. The zero-order valence-electron chi connectivity index (χ0n) is 18.8. The number of aryl methyl sites for hydroxylation is 1. The monoisotopic (exact) mass is 450 g/mol. The number of pyridine rings is 1. The molecular formula is C26H32N3O2S+. The predicted molar refractivity (Wildman–Crippen MR) is 131 cm³/mol. The third-order valence-corrected chi connectivity index (χ3v) is 6.91. The van der Waals surface area contributed by atoms with Gasteiger partial charge in [0.05, 0.1) is 0 Å². The largest absolute Gasteiger partial charge is 0.372 e. The number of carbonyl (C=O) groups excluding carboxylic acids is 2. The number of thioether (sulfide) groups is 1. The average molecular weight is 451 g/mol. The van der Waals surface area contributed by atoms with Crippen molar-refractivity contribution in [3.05, 3.63) is 59.4 Å². The van der Waals surface area contributed by atoms with E-state index in [9.17, 15) is 9.59 Å². The second-order valence-corrected chi connectivity index (χ2v) is 9.83. The molecule has 1 N–H and O–H groups in total. The smallest absolute Gasteiger partial charge is 0.286 e. The van der Waals surface area contributed by atoms with Crippen LogP contribution in [-0.2, 0) is 22.6 Å². The Morgan fingerprint density at radius 2 is 1.88 bits per heavy atom. The Hall–Kier alpha value is -2.60. The van der Waals surface area contributed by atoms with Gasteiger partial charge in [-0.15, -0.1) is 0 Å². The second-order valence-electron chi connectivity index (χ2n) is 8.55. The number of hydrogen-bond acceptors (Lipinski definition) is 4. The highest BCUT2D eigenvalue weighted by atomic mass is 32.2. The lowest BCUT2D eigenvalue weighted by Gasteiger charge is -2.19. The van der Waals surface area contributed by atoms with Crippen LogP contribution in [0.1, 0.15) is 49.3 Å². The first-order valence-electron chi connectivity index (χ1n) is 11.6. The lowest BCUT2D eigenvalue weighted by Crippen LogP contribution is -2.43. The molecular weight excluding hydrogens is 418 g/mol. The Labute approximate surface area is 194 Å². The molecule has 6 heteroatoms. The number of hydrogen-bond donors (Lipinski definition) is 1. The number of fused-ring (bicyclic) bond motifs is 1. The predicted octanol–water partition coefficient (Wildman–Crippen LogP) is 3.85. The van der Waals surface area contributed by atoms with E-state index in [4.69, 9.17) is 0 Å². The van der Waals surface area contributed by atoms with Crippen molar-refractivity contribution >= 4 is 40.1 Å². The maximum atomic E-state index is 12.2. The van der Waals surface area contributed by atoms with Gasteiger partial charge in [0.2, 0.25) is 6.54 Å². The number of nitrogens with zero attached hydrogens (tertiary/aromatic N) is 2. The van der Waals surface area contributed by atoms with Crippen LogP contribution in [0, 0.1) is 0 Å². The van der Waals surface area contributed by atoms with Crippen LogP contribution < -0.4 is 14.8 Å². The third kappa shape index (κ3) is 6.00. The zero-order chi connectivity index (χ0) is 22.3. The Morgan fingerprint density at radius 1 is 1.09 bits per heavy atom. The molecule has 0 bridgehead atoms. The van der Waals surface area contributed by atoms with Gasteiger partial charge in [0.1, 0.15) is 0 Å². The van der Waals surface area contributed by atoms with Crippen molar-refractivity contribution in [2.24, 2.45) is 0 Å². The summed E-state index contributed by atoms with van der Waals surface area (Å²) >= 11 is 1.24. The van der Waals surface area contributed by atoms with Gasteiger partial charge < -0.3 is 10.2 Å². The third-order valence-electron chi connectivity index (χ3n) is 6.10. The van der Waals surface area contributed by atoms with Crippen molar-refractivity contribution in [3.63, 3.8) is 0 Å². The van der Waals surface area contributed by atoms with E-state index in [1.54, 1.807) is 6.92 Å². The zero-order valence-corrected chi connectivity index (χ0v) is 19.6. The number of carbonyl (C=O) groups is 2. The topological polar surface area (TPSA) is 53.3 Å². The van der Waals surface area contributed by atoms with E-state index in [2.05, 4.69) is 52.8 Å². The first-order chi connectivity index (χ1) is 15.6. The van der Waals surface area contributed by atoms with Gasteiger partial charge in [-0.3, -0.25) is 9.59 Å². The molecule has 2 heterocycles. The second kappa shape index (κ2) is 10.8. The Balaban J connectivity index is 1.40. The van der Waals surface area contributed by atoms with E-state index in [1.165, 1.54) is 65.6 Å². The number of rotatable bonds is 7. The average Bonchev–Trinajstić information content (AvgIpc) is 3.32. The highest BCUT2D eigenvalue weighted by Gasteiger charge is 2.19. The molecule has 0 spiro atoms. The Bertz CT molecular complexity index is 995. The Morgan fingerprint density at radius 3 is 2.62 bits per heavy atom. The van der Waals surface area contributed by atoms with Crippen LogP contribution in [0.25, 0.3) is 11.6 Å². The highest BCUT2D eigenvalue weighted by Crippen LogP contribution is 2.32. The molecule has 1 saturated heterocycles. The number of amides is 1. The quantitative estimate of drug-likeness (QED) is 0.514. The van der Waals surface area contributed by atoms with Gasteiger partial charge in [-0.1, -0.05) is 30.0 Å². The van der Waals surface area contributed by atoms with Crippen molar-refractivity contribution in [2.45, 2.75) is 45.6 Å². The van der Waals surface area contributed by atoms with E-state index in [0.29, 0.717) is 18.8 Å². The summed E-state index contributed by atoms with van der Waals surface area (Å²) in [6, 6.07) is 11.1. The summed E-state index contributed by atoms with van der Waals surface area (Å²) in [4.78, 5) is 25.6. The molecule has 1 aliphatic heterocycles. The lowest BCUT2D eigenvalue weighted by molar-refractivity contribution is -0.684. The first kappa shape index (κ1) is 22.6. The standard InChI is InChI=1S/C26H31N3O2S/c1-20(30)32-16-12-27-26(31)19-28-15-11-25-22(5-4-6-23(25)18-28)17-21-7-9-24(10-8-21)29-13-2-3-14-29/h7-11,15,17-18H,2-6,12-14,16,19H2,1H3/p+1. The molecule has 4 rings (SSSR count). The molecule has 32 heavy (non-hydrogen) atoms. The fourth-order valence-corrected chi connectivity index (χ4v) is 5.01. The summed E-state index contributed by atoms with van der Waals surface area (Å²) in [5, 5.41) is 2.96. The van der Waals surface area contributed by atoms with Crippen LogP contribution in [0.3, 0.4) is 0 Å². The van der Waals surface area contributed by atoms with E-state index in [1.807, 2.05) is 10.8 Å². The van der Waals surface area contributed by atoms with Crippen LogP contribution in [0.2, 0.25) is 0 Å². The summed E-state index contributed by atoms with van der Waals surface area (Å²) in [6.07, 6.45) is 12.3. The molecule has 5 nitrogen and oxygen atoms in total. The molecule has 1 aliphatic carbocycles. The Kier molecular flexibility index (Phi) is 7.63. The molecule has 2 aliphatic rings. The van der Waals surface area contributed by atoms with Crippen LogP contribution >= 0.6 is 11.8 Å². The minimum atomic E-state index is -0.0243. The molecule has 1 amide bonds. The SMILES string of the molecule is CC(=O)SCCNC(=O)C[n+]1ccc2c(c1)CCC/C2=C\c1ccc(N2CCCC2)cc1. The van der Waals surface area contributed by atoms with Crippen LogP contribution in [0.15, 0.2) is 42.7 Å². The normalized spacial score (nSPS) is 16.8. The summed E-state index contributed by atoms with van der Waals surface area (Å²) in [5.41, 5.74) is 6.55. The lowest BCUT2D eigenvalue weighted by atomic mass is 9.87. The van der Waals surface area contributed by atoms with Gasteiger partial charge in [0.15, 0.2) is 17.5 Å². The van der Waals surface area contributed by atoms with Gasteiger partial charge in [-0.25, -0.2) is 0 Å². The van der Waals surface area contributed by atoms with Gasteiger partial charge in [0, 0.05) is 49.6 Å². The van der Waals surface area contributed by atoms with Crippen LogP contribution in [0.4, 0.5) is 5.69 Å². The molecule has 1 aromatic heterocycles. The first-order valence-corrected chi connectivity index (χ1v) is 12.5. The fourth-order valence-electron chi connectivity index (χ4n) is 4.52. The molecule has 168 valence electrons. The molecule has 0 radical (unpaired) electrons. The number of aromatic nitrogens is 1. The van der Waals surface area contributed by atoms with Gasteiger partial charge in [-0.2, -0.15) is 4.57 Å². The molecule has 0 unspecified atom stereocenters. The van der Waals surface area contributed by atoms with Crippen LogP contribution in [0.5, 0.6) is 0 Å². The van der Waals surface area contributed by atoms with E-state index >= 15 is 0 Å². The summed E-state index contributed by atoms with van der Waals surface area (Å²) in [6.45, 7) is 4.70. The van der Waals surface area contributed by atoms with Gasteiger partial charge in [0.25, 0.3) is 5.91 Å². The maximum Gasteiger partial charge on any atom is 0.286 e. The minimum absolute atomic E-state index is 0.0243. The molecule has 0 saturated carbocycles. The maximum absolute atomic E-state index is 12.2. The van der Waals surface area contributed by atoms with Gasteiger partial charge >= 0.3 is 0 Å². The number of anilines is 1.